The minimum Gasteiger partial charge on any atom is -0.465 e. The second kappa shape index (κ2) is 19.1. The molecule has 0 bridgehead atoms. The van der Waals surface area contributed by atoms with Crippen molar-refractivity contribution in [3.63, 3.8) is 0 Å². The zero-order valence-electron chi connectivity index (χ0n) is 23.1. The summed E-state index contributed by atoms with van der Waals surface area (Å²) in [5.41, 5.74) is 0.128. The number of nitrogens with zero attached hydrogens (tertiary/aromatic N) is 1. The zero-order valence-corrected chi connectivity index (χ0v) is 23.1. The Morgan fingerprint density at radius 3 is 1.73 bits per heavy atom. The van der Waals surface area contributed by atoms with Crippen LogP contribution < -0.4 is 0 Å². The van der Waals surface area contributed by atoms with E-state index in [1.165, 1.54) is 96.0 Å². The van der Waals surface area contributed by atoms with Crippen LogP contribution in [-0.4, -0.2) is 36.5 Å². The lowest BCUT2D eigenvalue weighted by atomic mass is 9.96. The molecule has 6 heteroatoms. The fourth-order valence-corrected chi connectivity index (χ4v) is 5.07. The number of carbonyl (C=O) groups excluding carboxylic acids is 2. The number of ether oxygens (including phenoxy) is 1. The smallest absolute Gasteiger partial charge is 0.309 e. The van der Waals surface area contributed by atoms with E-state index in [1.807, 2.05) is 0 Å². The monoisotopic (exact) mass is 521 g/mol. The predicted octanol–water partition coefficient (Wildman–Crippen LogP) is 8.62. The molecule has 0 radical (unpaired) electrons. The van der Waals surface area contributed by atoms with Crippen molar-refractivity contribution < 1.29 is 23.1 Å². The molecule has 0 spiro atoms. The highest BCUT2D eigenvalue weighted by molar-refractivity contribution is 5.94. The highest BCUT2D eigenvalue weighted by atomic mass is 19.2. The van der Waals surface area contributed by atoms with Crippen LogP contribution in [0.15, 0.2) is 18.2 Å². The van der Waals surface area contributed by atoms with Gasteiger partial charge in [0.15, 0.2) is 11.6 Å². The summed E-state index contributed by atoms with van der Waals surface area (Å²) >= 11 is 0. The van der Waals surface area contributed by atoms with Gasteiger partial charge in [-0.2, -0.15) is 0 Å². The Labute approximate surface area is 223 Å². The summed E-state index contributed by atoms with van der Waals surface area (Å²) in [4.78, 5) is 26.5. The van der Waals surface area contributed by atoms with Gasteiger partial charge < -0.3 is 9.64 Å². The van der Waals surface area contributed by atoms with Crippen LogP contribution in [0.3, 0.4) is 0 Å². The van der Waals surface area contributed by atoms with Gasteiger partial charge in [0.25, 0.3) is 5.91 Å². The first-order valence-electron chi connectivity index (χ1n) is 14.9. The zero-order chi connectivity index (χ0) is 26.7. The van der Waals surface area contributed by atoms with Gasteiger partial charge in [-0.05, 0) is 37.5 Å². The maximum absolute atomic E-state index is 13.4. The van der Waals surface area contributed by atoms with Gasteiger partial charge in [-0.3, -0.25) is 9.59 Å². The summed E-state index contributed by atoms with van der Waals surface area (Å²) in [6.45, 7) is 3.56. The predicted molar refractivity (Wildman–Crippen MR) is 145 cm³/mol. The molecule has 1 amide bonds. The Kier molecular flexibility index (Phi) is 16.2. The number of esters is 1. The van der Waals surface area contributed by atoms with Crippen LogP contribution in [0, 0.1) is 17.6 Å². The van der Waals surface area contributed by atoms with Crippen molar-refractivity contribution in [3.05, 3.63) is 35.4 Å². The molecule has 1 aromatic rings. The van der Waals surface area contributed by atoms with Crippen molar-refractivity contribution in [2.75, 3.05) is 19.7 Å². The summed E-state index contributed by atoms with van der Waals surface area (Å²) < 4.78 is 32.0. The minimum absolute atomic E-state index is 0.128. The lowest BCUT2D eigenvalue weighted by Gasteiger charge is -2.31. The first-order valence-corrected chi connectivity index (χ1v) is 14.9. The first kappa shape index (κ1) is 31.2. The van der Waals surface area contributed by atoms with Crippen LogP contribution in [0.4, 0.5) is 8.78 Å². The maximum atomic E-state index is 13.4. The molecular weight excluding hydrogens is 472 g/mol. The van der Waals surface area contributed by atoms with E-state index < -0.39 is 11.6 Å². The van der Waals surface area contributed by atoms with Crippen molar-refractivity contribution in [1.82, 2.24) is 4.90 Å². The van der Waals surface area contributed by atoms with Crippen molar-refractivity contribution in [2.45, 2.75) is 122 Å². The Bertz CT molecular complexity index is 778. The van der Waals surface area contributed by atoms with Gasteiger partial charge in [0.05, 0.1) is 12.5 Å². The molecule has 0 aromatic heterocycles. The van der Waals surface area contributed by atoms with Gasteiger partial charge in [-0.25, -0.2) is 8.78 Å². The lowest BCUT2D eigenvalue weighted by Crippen LogP contribution is -2.40. The van der Waals surface area contributed by atoms with Gasteiger partial charge in [0.1, 0.15) is 0 Å². The van der Waals surface area contributed by atoms with E-state index in [0.29, 0.717) is 32.5 Å². The Morgan fingerprint density at radius 2 is 1.24 bits per heavy atom. The van der Waals surface area contributed by atoms with Crippen LogP contribution in [0.25, 0.3) is 0 Å². The van der Waals surface area contributed by atoms with Gasteiger partial charge in [-0.15, -0.1) is 0 Å². The number of carbonyl (C=O) groups is 2. The first-order chi connectivity index (χ1) is 18.0. The van der Waals surface area contributed by atoms with Crippen LogP contribution in [0.5, 0.6) is 0 Å². The number of likely N-dealkylation sites (tertiary alicyclic amines) is 1. The van der Waals surface area contributed by atoms with Gasteiger partial charge >= 0.3 is 5.97 Å². The molecule has 1 aliphatic rings. The number of benzene rings is 1. The van der Waals surface area contributed by atoms with Crippen molar-refractivity contribution >= 4 is 11.9 Å². The standard InChI is InChI=1S/C31H49F2NO3/c1-2-3-4-5-6-7-8-9-10-11-12-13-14-15-16-17-24-37-31(36)26-20-22-34(23-21-26)30(35)27-18-19-28(32)29(33)25-27/h18-19,25-26H,2-17,20-24H2,1H3. The molecule has 37 heavy (non-hydrogen) atoms. The molecule has 4 nitrogen and oxygen atoms in total. The van der Waals surface area contributed by atoms with Gasteiger partial charge in [-0.1, -0.05) is 103 Å². The number of halogens is 2. The van der Waals surface area contributed by atoms with E-state index in [1.54, 1.807) is 4.90 Å². The average Bonchev–Trinajstić information content (AvgIpc) is 2.91. The summed E-state index contributed by atoms with van der Waals surface area (Å²) in [7, 11) is 0. The Morgan fingerprint density at radius 1 is 0.757 bits per heavy atom. The van der Waals surface area contributed by atoms with Gasteiger partial charge in [0.2, 0.25) is 0 Å². The third-order valence-corrected chi connectivity index (χ3v) is 7.52. The molecule has 0 saturated carbocycles. The van der Waals surface area contributed by atoms with E-state index in [9.17, 15) is 18.4 Å². The van der Waals surface area contributed by atoms with Crippen LogP contribution in [0.2, 0.25) is 0 Å². The van der Waals surface area contributed by atoms with Crippen molar-refractivity contribution in [1.29, 1.82) is 0 Å². The molecule has 1 aromatic carbocycles. The van der Waals surface area contributed by atoms with Crippen LogP contribution in [0.1, 0.15) is 133 Å². The summed E-state index contributed by atoms with van der Waals surface area (Å²) in [5, 5.41) is 0. The number of hydrogen-bond acceptors (Lipinski definition) is 3. The van der Waals surface area contributed by atoms with Crippen molar-refractivity contribution in [3.8, 4) is 0 Å². The van der Waals surface area contributed by atoms with E-state index in [-0.39, 0.29) is 23.4 Å². The molecule has 0 aliphatic carbocycles. The fraction of sp³-hybridized carbons (Fsp3) is 0.742. The van der Waals surface area contributed by atoms with E-state index in [4.69, 9.17) is 4.74 Å². The summed E-state index contributed by atoms with van der Waals surface area (Å²) in [6, 6.07) is 3.18. The van der Waals surface area contributed by atoms with Gasteiger partial charge in [0, 0.05) is 18.7 Å². The number of amides is 1. The number of piperidine rings is 1. The molecule has 0 unspecified atom stereocenters. The largest absolute Gasteiger partial charge is 0.465 e. The maximum Gasteiger partial charge on any atom is 0.309 e. The molecular formula is C31H49F2NO3. The normalized spacial score (nSPS) is 14.2. The Balaban J connectivity index is 1.40. The molecule has 0 N–H and O–H groups in total. The number of rotatable bonds is 19. The topological polar surface area (TPSA) is 46.6 Å². The van der Waals surface area contributed by atoms with Crippen LogP contribution >= 0.6 is 0 Å². The number of unbranched alkanes of at least 4 members (excludes halogenated alkanes) is 15. The molecule has 2 rings (SSSR count). The average molecular weight is 522 g/mol. The van der Waals surface area contributed by atoms with E-state index in [0.717, 1.165) is 25.0 Å². The van der Waals surface area contributed by atoms with Crippen molar-refractivity contribution in [2.24, 2.45) is 5.92 Å². The van der Waals surface area contributed by atoms with Crippen LogP contribution in [-0.2, 0) is 9.53 Å². The number of hydrogen-bond donors (Lipinski definition) is 0. The quantitative estimate of drug-likeness (QED) is 0.135. The minimum atomic E-state index is -1.03. The second-order valence-electron chi connectivity index (χ2n) is 10.7. The second-order valence-corrected chi connectivity index (χ2v) is 10.7. The fourth-order valence-electron chi connectivity index (χ4n) is 5.07. The Hall–Kier alpha value is -1.98. The molecule has 1 aliphatic heterocycles. The third kappa shape index (κ3) is 12.9. The summed E-state index contributed by atoms with van der Waals surface area (Å²) in [6.07, 6.45) is 22.1. The lowest BCUT2D eigenvalue weighted by molar-refractivity contribution is -0.150. The highest BCUT2D eigenvalue weighted by Gasteiger charge is 2.29. The molecule has 0 atom stereocenters. The molecule has 1 fully saturated rings. The SMILES string of the molecule is CCCCCCCCCCCCCCCCCCOC(=O)C1CCN(C(=O)c2ccc(F)c(F)c2)CC1. The molecule has 210 valence electrons. The molecule has 1 heterocycles. The van der Waals surface area contributed by atoms with E-state index in [2.05, 4.69) is 6.92 Å². The third-order valence-electron chi connectivity index (χ3n) is 7.52. The van der Waals surface area contributed by atoms with E-state index >= 15 is 0 Å². The molecule has 1 saturated heterocycles. The highest BCUT2D eigenvalue weighted by Crippen LogP contribution is 2.21. The summed E-state index contributed by atoms with van der Waals surface area (Å²) in [5.74, 6) is -2.71.